The van der Waals surface area contributed by atoms with Crippen LogP contribution in [-0.4, -0.2) is 42.0 Å². The molecule has 0 radical (unpaired) electrons. The third-order valence-electron chi connectivity index (χ3n) is 4.29. The van der Waals surface area contributed by atoms with Crippen molar-refractivity contribution < 1.29 is 4.79 Å². The van der Waals surface area contributed by atoms with Crippen molar-refractivity contribution in [2.45, 2.75) is 51.5 Å². The summed E-state index contributed by atoms with van der Waals surface area (Å²) in [4.78, 5) is 16.2. The lowest BCUT2D eigenvalue weighted by Gasteiger charge is -2.45. The number of fused-ring (bicyclic) bond motifs is 1. The highest BCUT2D eigenvalue weighted by molar-refractivity contribution is 5.74. The van der Waals surface area contributed by atoms with Gasteiger partial charge in [-0.1, -0.05) is 12.8 Å². The second kappa shape index (κ2) is 5.07. The number of hydrogen-bond donors (Lipinski definition) is 0. The van der Waals surface area contributed by atoms with E-state index in [1.165, 1.54) is 38.5 Å². The molecule has 0 aromatic rings. The van der Waals surface area contributed by atoms with Crippen LogP contribution < -0.4 is 0 Å². The number of hydrogen-bond acceptors (Lipinski definition) is 1. The average molecular weight is 224 g/mol. The third-order valence-corrected chi connectivity index (χ3v) is 4.29. The fraction of sp³-hybridized carbons (Fsp3) is 0.923. The zero-order valence-corrected chi connectivity index (χ0v) is 10.6. The molecule has 2 fully saturated rings. The van der Waals surface area contributed by atoms with E-state index in [4.69, 9.17) is 0 Å². The maximum absolute atomic E-state index is 12.2. The molecule has 0 aromatic heterocycles. The minimum absolute atomic E-state index is 0.249. The van der Waals surface area contributed by atoms with Crippen LogP contribution in [-0.2, 0) is 0 Å². The standard InChI is InChI=1S/C13H24N2O/c1-3-14(2)13(16)15-10-6-8-11-7-4-5-9-12(11)15/h11-12H,3-10H2,1-2H3. The molecule has 2 aliphatic rings. The lowest BCUT2D eigenvalue weighted by molar-refractivity contribution is 0.0691. The number of amides is 2. The van der Waals surface area contributed by atoms with E-state index in [-0.39, 0.29) is 6.03 Å². The summed E-state index contributed by atoms with van der Waals surface area (Å²) >= 11 is 0. The van der Waals surface area contributed by atoms with Gasteiger partial charge >= 0.3 is 6.03 Å². The summed E-state index contributed by atoms with van der Waals surface area (Å²) in [6, 6.07) is 0.795. The number of urea groups is 1. The van der Waals surface area contributed by atoms with E-state index in [0.29, 0.717) is 6.04 Å². The van der Waals surface area contributed by atoms with Crippen molar-refractivity contribution in [2.24, 2.45) is 5.92 Å². The number of nitrogens with zero attached hydrogens (tertiary/aromatic N) is 2. The maximum atomic E-state index is 12.2. The summed E-state index contributed by atoms with van der Waals surface area (Å²) in [5.74, 6) is 0.789. The fourth-order valence-corrected chi connectivity index (χ4v) is 3.22. The number of likely N-dealkylation sites (tertiary alicyclic amines) is 1. The van der Waals surface area contributed by atoms with Gasteiger partial charge in [-0.15, -0.1) is 0 Å². The summed E-state index contributed by atoms with van der Waals surface area (Å²) in [6.45, 7) is 3.83. The Hall–Kier alpha value is -0.730. The quantitative estimate of drug-likeness (QED) is 0.672. The SMILES string of the molecule is CCN(C)C(=O)N1CCCC2CCCCC21. The van der Waals surface area contributed by atoms with Crippen molar-refractivity contribution in [3.05, 3.63) is 0 Å². The van der Waals surface area contributed by atoms with E-state index in [2.05, 4.69) is 4.90 Å². The molecule has 0 bridgehead atoms. The van der Waals surface area contributed by atoms with E-state index in [1.807, 2.05) is 18.9 Å². The van der Waals surface area contributed by atoms with Gasteiger partial charge in [0.05, 0.1) is 0 Å². The molecule has 1 aliphatic carbocycles. The molecule has 2 unspecified atom stereocenters. The Balaban J connectivity index is 2.04. The monoisotopic (exact) mass is 224 g/mol. The van der Waals surface area contributed by atoms with Crippen molar-refractivity contribution in [3.8, 4) is 0 Å². The highest BCUT2D eigenvalue weighted by Gasteiger charge is 2.36. The summed E-state index contributed by atoms with van der Waals surface area (Å²) < 4.78 is 0. The van der Waals surface area contributed by atoms with Gasteiger partial charge in [0, 0.05) is 26.2 Å². The maximum Gasteiger partial charge on any atom is 0.319 e. The Labute approximate surface area is 98.8 Å². The van der Waals surface area contributed by atoms with Crippen LogP contribution in [0.25, 0.3) is 0 Å². The Bertz CT molecular complexity index is 252. The van der Waals surface area contributed by atoms with Crippen LogP contribution in [0.15, 0.2) is 0 Å². The Morgan fingerprint density at radius 1 is 1.25 bits per heavy atom. The van der Waals surface area contributed by atoms with Crippen LogP contribution in [0.5, 0.6) is 0 Å². The molecule has 1 saturated heterocycles. The van der Waals surface area contributed by atoms with Gasteiger partial charge in [0.25, 0.3) is 0 Å². The highest BCUT2D eigenvalue weighted by Crippen LogP contribution is 2.35. The summed E-state index contributed by atoms with van der Waals surface area (Å²) in [6.07, 6.45) is 7.78. The van der Waals surface area contributed by atoms with E-state index >= 15 is 0 Å². The van der Waals surface area contributed by atoms with Gasteiger partial charge in [0.1, 0.15) is 0 Å². The van der Waals surface area contributed by atoms with E-state index in [9.17, 15) is 4.79 Å². The lowest BCUT2D eigenvalue weighted by Crippen LogP contribution is -2.53. The van der Waals surface area contributed by atoms with Crippen molar-refractivity contribution in [1.29, 1.82) is 0 Å². The first-order chi connectivity index (χ1) is 7.74. The van der Waals surface area contributed by atoms with Crippen molar-refractivity contribution in [1.82, 2.24) is 9.80 Å². The second-order valence-corrected chi connectivity index (χ2v) is 5.24. The Kier molecular flexibility index (Phi) is 3.72. The summed E-state index contributed by atoms with van der Waals surface area (Å²) in [5, 5.41) is 0. The minimum atomic E-state index is 0.249. The largest absolute Gasteiger partial charge is 0.328 e. The minimum Gasteiger partial charge on any atom is -0.328 e. The molecule has 2 amide bonds. The molecule has 0 spiro atoms. The average Bonchev–Trinajstić information content (AvgIpc) is 2.36. The van der Waals surface area contributed by atoms with Crippen LogP contribution in [0.4, 0.5) is 4.79 Å². The third kappa shape index (κ3) is 2.18. The zero-order chi connectivity index (χ0) is 11.5. The number of rotatable bonds is 1. The van der Waals surface area contributed by atoms with Gasteiger partial charge in [-0.25, -0.2) is 4.79 Å². The normalized spacial score (nSPS) is 29.8. The van der Waals surface area contributed by atoms with Crippen molar-refractivity contribution in [3.63, 3.8) is 0 Å². The molecule has 2 rings (SSSR count). The van der Waals surface area contributed by atoms with Crippen LogP contribution in [0.1, 0.15) is 45.4 Å². The molecule has 3 nitrogen and oxygen atoms in total. The predicted molar refractivity (Wildman–Crippen MR) is 65.4 cm³/mol. The lowest BCUT2D eigenvalue weighted by atomic mass is 9.78. The van der Waals surface area contributed by atoms with E-state index in [1.54, 1.807) is 0 Å². The van der Waals surface area contributed by atoms with Crippen LogP contribution in [0, 0.1) is 5.92 Å². The van der Waals surface area contributed by atoms with Crippen LogP contribution in [0.2, 0.25) is 0 Å². The second-order valence-electron chi connectivity index (χ2n) is 5.24. The first-order valence-electron chi connectivity index (χ1n) is 6.75. The molecule has 3 heteroatoms. The number of carbonyl (C=O) groups is 1. The van der Waals surface area contributed by atoms with Gasteiger partial charge in [-0.3, -0.25) is 0 Å². The topological polar surface area (TPSA) is 23.6 Å². The number of piperidine rings is 1. The molecule has 0 N–H and O–H groups in total. The van der Waals surface area contributed by atoms with Crippen LogP contribution >= 0.6 is 0 Å². The summed E-state index contributed by atoms with van der Waals surface area (Å²) in [7, 11) is 1.91. The molecule has 0 aromatic carbocycles. The predicted octanol–water partition coefficient (Wildman–Crippen LogP) is 2.71. The first kappa shape index (κ1) is 11.7. The molecule has 1 saturated carbocycles. The van der Waals surface area contributed by atoms with Gasteiger partial charge in [0.2, 0.25) is 0 Å². The van der Waals surface area contributed by atoms with Gasteiger partial charge in [-0.05, 0) is 38.5 Å². The van der Waals surface area contributed by atoms with Gasteiger partial charge in [-0.2, -0.15) is 0 Å². The molecular weight excluding hydrogens is 200 g/mol. The molecule has 2 atom stereocenters. The van der Waals surface area contributed by atoms with E-state index < -0.39 is 0 Å². The van der Waals surface area contributed by atoms with Crippen LogP contribution in [0.3, 0.4) is 0 Å². The Morgan fingerprint density at radius 2 is 1.94 bits per heavy atom. The van der Waals surface area contributed by atoms with Gasteiger partial charge in [0.15, 0.2) is 0 Å². The zero-order valence-electron chi connectivity index (χ0n) is 10.6. The smallest absolute Gasteiger partial charge is 0.319 e. The van der Waals surface area contributed by atoms with Crippen molar-refractivity contribution >= 4 is 6.03 Å². The van der Waals surface area contributed by atoms with Gasteiger partial charge < -0.3 is 9.80 Å². The Morgan fingerprint density at radius 3 is 2.69 bits per heavy atom. The fourth-order valence-electron chi connectivity index (χ4n) is 3.22. The molecular formula is C13H24N2O. The molecule has 16 heavy (non-hydrogen) atoms. The molecule has 92 valence electrons. The van der Waals surface area contributed by atoms with E-state index in [0.717, 1.165) is 19.0 Å². The first-order valence-corrected chi connectivity index (χ1v) is 6.75. The molecule has 1 aliphatic heterocycles. The molecule has 1 heterocycles. The van der Waals surface area contributed by atoms with Crippen molar-refractivity contribution in [2.75, 3.05) is 20.1 Å². The summed E-state index contributed by atoms with van der Waals surface area (Å²) in [5.41, 5.74) is 0. The highest BCUT2D eigenvalue weighted by atomic mass is 16.2. The number of carbonyl (C=O) groups excluding carboxylic acids is 1.